The molecule has 0 heterocycles. The number of alkyl halides is 3. The van der Waals surface area contributed by atoms with Crippen LogP contribution in [0.2, 0.25) is 0 Å². The molecule has 2 aromatic rings. The SMILES string of the molecule is C/C(=N\OCc1ccccc1)c1cccc(OC(F)(F)Cl)c1. The van der Waals surface area contributed by atoms with Gasteiger partial charge in [0.2, 0.25) is 0 Å². The Morgan fingerprint density at radius 3 is 2.55 bits per heavy atom. The Bertz CT molecular complexity index is 642. The lowest BCUT2D eigenvalue weighted by molar-refractivity contribution is -0.0964. The highest BCUT2D eigenvalue weighted by molar-refractivity contribution is 6.20. The molecule has 0 amide bonds. The number of nitrogens with zero attached hydrogens (tertiary/aromatic N) is 1. The Morgan fingerprint density at radius 2 is 1.86 bits per heavy atom. The van der Waals surface area contributed by atoms with E-state index in [2.05, 4.69) is 9.89 Å². The molecular weight excluding hydrogens is 312 g/mol. The average Bonchev–Trinajstić information content (AvgIpc) is 2.47. The zero-order valence-corrected chi connectivity index (χ0v) is 12.6. The zero-order chi connectivity index (χ0) is 16.0. The molecule has 0 radical (unpaired) electrons. The summed E-state index contributed by atoms with van der Waals surface area (Å²) in [6.07, 6.45) is 0. The highest BCUT2D eigenvalue weighted by Crippen LogP contribution is 2.25. The normalized spacial score (nSPS) is 12.1. The molecule has 0 saturated heterocycles. The van der Waals surface area contributed by atoms with Crippen LogP contribution in [0.1, 0.15) is 18.1 Å². The van der Waals surface area contributed by atoms with Crippen molar-refractivity contribution in [1.82, 2.24) is 0 Å². The third-order valence-corrected chi connectivity index (χ3v) is 2.84. The van der Waals surface area contributed by atoms with Gasteiger partial charge in [-0.2, -0.15) is 0 Å². The van der Waals surface area contributed by atoms with Crippen LogP contribution in [-0.2, 0) is 11.4 Å². The van der Waals surface area contributed by atoms with Crippen molar-refractivity contribution in [3.63, 3.8) is 0 Å². The topological polar surface area (TPSA) is 30.8 Å². The molecule has 3 nitrogen and oxygen atoms in total. The van der Waals surface area contributed by atoms with Crippen LogP contribution in [0.5, 0.6) is 5.75 Å². The summed E-state index contributed by atoms with van der Waals surface area (Å²) in [6, 6.07) is 15.6. The lowest BCUT2D eigenvalue weighted by Gasteiger charge is -2.11. The summed E-state index contributed by atoms with van der Waals surface area (Å²) in [7, 11) is 0. The first-order valence-corrected chi connectivity index (χ1v) is 6.88. The predicted molar refractivity (Wildman–Crippen MR) is 81.3 cm³/mol. The molecule has 0 bridgehead atoms. The van der Waals surface area contributed by atoms with Gasteiger partial charge in [-0.05, 0) is 24.6 Å². The summed E-state index contributed by atoms with van der Waals surface area (Å²) >= 11 is 4.74. The number of halogens is 3. The minimum Gasteiger partial charge on any atom is -0.420 e. The molecule has 0 spiro atoms. The maximum Gasteiger partial charge on any atom is 0.487 e. The smallest absolute Gasteiger partial charge is 0.420 e. The van der Waals surface area contributed by atoms with E-state index in [0.29, 0.717) is 17.9 Å². The van der Waals surface area contributed by atoms with E-state index in [4.69, 9.17) is 16.4 Å². The molecule has 0 unspecified atom stereocenters. The van der Waals surface area contributed by atoms with Gasteiger partial charge in [0.25, 0.3) is 0 Å². The molecule has 0 aliphatic rings. The third-order valence-electron chi connectivity index (χ3n) is 2.76. The monoisotopic (exact) mass is 325 g/mol. The Labute approximate surface area is 132 Å². The summed E-state index contributed by atoms with van der Waals surface area (Å²) < 4.78 is 29.5. The second-order valence-electron chi connectivity index (χ2n) is 4.51. The van der Waals surface area contributed by atoms with Gasteiger partial charge in [0.15, 0.2) is 0 Å². The van der Waals surface area contributed by atoms with Gasteiger partial charge in [0.05, 0.1) is 5.71 Å². The van der Waals surface area contributed by atoms with Crippen molar-refractivity contribution < 1.29 is 18.4 Å². The quantitative estimate of drug-likeness (QED) is 0.434. The molecule has 2 aromatic carbocycles. The van der Waals surface area contributed by atoms with Gasteiger partial charge >= 0.3 is 5.57 Å². The van der Waals surface area contributed by atoms with E-state index >= 15 is 0 Å². The number of hydrogen-bond acceptors (Lipinski definition) is 3. The summed E-state index contributed by atoms with van der Waals surface area (Å²) in [6.45, 7) is 2.04. The van der Waals surface area contributed by atoms with Gasteiger partial charge in [-0.3, -0.25) is 0 Å². The second-order valence-corrected chi connectivity index (χ2v) is 4.95. The van der Waals surface area contributed by atoms with Gasteiger partial charge in [-0.15, -0.1) is 8.78 Å². The number of oxime groups is 1. The summed E-state index contributed by atoms with van der Waals surface area (Å²) in [5, 5.41) is 3.97. The van der Waals surface area contributed by atoms with Gasteiger partial charge in [-0.1, -0.05) is 47.6 Å². The second kappa shape index (κ2) is 7.22. The average molecular weight is 326 g/mol. The first-order valence-electron chi connectivity index (χ1n) is 6.51. The molecule has 0 fully saturated rings. The lowest BCUT2D eigenvalue weighted by Crippen LogP contribution is -2.15. The van der Waals surface area contributed by atoms with Gasteiger partial charge in [0, 0.05) is 17.2 Å². The van der Waals surface area contributed by atoms with Crippen molar-refractivity contribution in [3.05, 3.63) is 65.7 Å². The molecular formula is C16H14ClF2NO2. The van der Waals surface area contributed by atoms with Crippen molar-refractivity contribution >= 4 is 17.3 Å². The predicted octanol–water partition coefficient (Wildman–Crippen LogP) is 4.80. The summed E-state index contributed by atoms with van der Waals surface area (Å²) in [4.78, 5) is 5.25. The summed E-state index contributed by atoms with van der Waals surface area (Å²) in [5.74, 6) is -0.0462. The molecule has 116 valence electrons. The van der Waals surface area contributed by atoms with Gasteiger partial charge < -0.3 is 9.57 Å². The maximum absolute atomic E-state index is 12.6. The van der Waals surface area contributed by atoms with E-state index < -0.39 is 5.57 Å². The van der Waals surface area contributed by atoms with E-state index in [0.717, 1.165) is 5.56 Å². The molecule has 0 N–H and O–H groups in total. The van der Waals surface area contributed by atoms with Crippen molar-refractivity contribution in [2.75, 3.05) is 0 Å². The van der Waals surface area contributed by atoms with Crippen LogP contribution in [-0.4, -0.2) is 11.3 Å². The highest BCUT2D eigenvalue weighted by atomic mass is 35.5. The van der Waals surface area contributed by atoms with Gasteiger partial charge in [-0.25, -0.2) is 0 Å². The lowest BCUT2D eigenvalue weighted by atomic mass is 10.1. The number of rotatable bonds is 6. The van der Waals surface area contributed by atoms with E-state index in [1.807, 2.05) is 30.3 Å². The maximum atomic E-state index is 12.6. The first kappa shape index (κ1) is 16.2. The highest BCUT2D eigenvalue weighted by Gasteiger charge is 2.27. The fourth-order valence-corrected chi connectivity index (χ4v) is 1.84. The van der Waals surface area contributed by atoms with Crippen molar-refractivity contribution in [1.29, 1.82) is 0 Å². The standard InChI is InChI=1S/C16H14ClF2NO2/c1-12(20-21-11-13-6-3-2-4-7-13)14-8-5-9-15(10-14)22-16(17,18)19/h2-10H,11H2,1H3/b20-12+. The number of hydrogen-bond donors (Lipinski definition) is 0. The minimum absolute atomic E-state index is 0.0462. The van der Waals surface area contributed by atoms with Crippen LogP contribution in [0.15, 0.2) is 59.8 Å². The summed E-state index contributed by atoms with van der Waals surface area (Å²) in [5.41, 5.74) is -1.61. The largest absolute Gasteiger partial charge is 0.487 e. The molecule has 0 saturated carbocycles. The van der Waals surface area contributed by atoms with Gasteiger partial charge in [0.1, 0.15) is 12.4 Å². The van der Waals surface area contributed by atoms with E-state index in [9.17, 15) is 8.78 Å². The zero-order valence-electron chi connectivity index (χ0n) is 11.8. The third kappa shape index (κ3) is 5.33. The number of benzene rings is 2. The van der Waals surface area contributed by atoms with Crippen LogP contribution in [0.3, 0.4) is 0 Å². The molecule has 22 heavy (non-hydrogen) atoms. The van der Waals surface area contributed by atoms with Crippen molar-refractivity contribution in [2.45, 2.75) is 19.1 Å². The molecule has 0 atom stereocenters. The van der Waals surface area contributed by atoms with Crippen molar-refractivity contribution in [3.8, 4) is 5.75 Å². The van der Waals surface area contributed by atoms with Crippen LogP contribution < -0.4 is 4.74 Å². The number of ether oxygens (including phenoxy) is 1. The van der Waals surface area contributed by atoms with E-state index in [-0.39, 0.29) is 5.75 Å². The fraction of sp³-hybridized carbons (Fsp3) is 0.188. The van der Waals surface area contributed by atoms with Crippen LogP contribution in [0.25, 0.3) is 0 Å². The Hall–Kier alpha value is -2.14. The fourth-order valence-electron chi connectivity index (χ4n) is 1.75. The van der Waals surface area contributed by atoms with E-state index in [1.54, 1.807) is 19.1 Å². The Kier molecular flexibility index (Phi) is 5.33. The van der Waals surface area contributed by atoms with Crippen molar-refractivity contribution in [2.24, 2.45) is 5.16 Å². The molecule has 0 aliphatic heterocycles. The first-order chi connectivity index (χ1) is 10.4. The minimum atomic E-state index is -3.74. The molecule has 0 aromatic heterocycles. The Balaban J connectivity index is 2.01. The van der Waals surface area contributed by atoms with E-state index in [1.165, 1.54) is 12.1 Å². The van der Waals surface area contributed by atoms with Crippen LogP contribution in [0.4, 0.5) is 8.78 Å². The molecule has 0 aliphatic carbocycles. The molecule has 2 rings (SSSR count). The Morgan fingerprint density at radius 1 is 1.14 bits per heavy atom. The molecule has 6 heteroatoms. The van der Waals surface area contributed by atoms with Crippen LogP contribution >= 0.6 is 11.6 Å². The van der Waals surface area contributed by atoms with Crippen LogP contribution in [0, 0.1) is 0 Å².